The molecule has 0 aliphatic heterocycles. The quantitative estimate of drug-likeness (QED) is 0.305. The summed E-state index contributed by atoms with van der Waals surface area (Å²) in [7, 11) is 0. The number of alkyl halides is 3. The Kier molecular flexibility index (Phi) is 7.41. The lowest BCUT2D eigenvalue weighted by molar-refractivity contribution is -0.137. The van der Waals surface area contributed by atoms with Crippen LogP contribution in [0.3, 0.4) is 0 Å². The standard InChI is InChI=1S/C23H20ClF3N2O2/c1-2-30-22-12-17(8-11-21(22)31-15-16-6-9-19(24)10-7-16)14-28-29-20-5-3-4-18(13-20)23(25,26)27/h3-14,29H,2,15H2,1H3. The van der Waals surface area contributed by atoms with Crippen molar-refractivity contribution in [2.24, 2.45) is 5.10 Å². The van der Waals surface area contributed by atoms with Crippen LogP contribution < -0.4 is 14.9 Å². The number of nitrogens with zero attached hydrogens (tertiary/aromatic N) is 1. The van der Waals surface area contributed by atoms with Gasteiger partial charge in [-0.25, -0.2) is 0 Å². The Morgan fingerprint density at radius 2 is 1.74 bits per heavy atom. The van der Waals surface area contributed by atoms with Crippen molar-refractivity contribution in [2.75, 3.05) is 12.0 Å². The zero-order valence-corrected chi connectivity index (χ0v) is 17.4. The Morgan fingerprint density at radius 1 is 0.968 bits per heavy atom. The molecule has 3 aromatic rings. The molecule has 31 heavy (non-hydrogen) atoms. The van der Waals surface area contributed by atoms with Gasteiger partial charge in [-0.3, -0.25) is 5.43 Å². The number of benzene rings is 3. The summed E-state index contributed by atoms with van der Waals surface area (Å²) in [5.74, 6) is 1.11. The molecule has 0 atom stereocenters. The van der Waals surface area contributed by atoms with Crippen LogP contribution in [0.5, 0.6) is 11.5 Å². The van der Waals surface area contributed by atoms with E-state index in [0.29, 0.717) is 35.3 Å². The van der Waals surface area contributed by atoms with Gasteiger partial charge in [0.05, 0.1) is 24.1 Å². The van der Waals surface area contributed by atoms with Gasteiger partial charge >= 0.3 is 6.18 Å². The summed E-state index contributed by atoms with van der Waals surface area (Å²) in [4.78, 5) is 0. The molecule has 0 amide bonds. The first-order valence-electron chi connectivity index (χ1n) is 9.45. The highest BCUT2D eigenvalue weighted by atomic mass is 35.5. The van der Waals surface area contributed by atoms with Gasteiger partial charge in [-0.15, -0.1) is 0 Å². The largest absolute Gasteiger partial charge is 0.490 e. The number of ether oxygens (including phenoxy) is 2. The average molecular weight is 449 g/mol. The minimum atomic E-state index is -4.41. The predicted octanol–water partition coefficient (Wildman–Crippen LogP) is 6.78. The normalized spacial score (nSPS) is 11.5. The van der Waals surface area contributed by atoms with Gasteiger partial charge in [-0.1, -0.05) is 29.8 Å². The smallest absolute Gasteiger partial charge is 0.416 e. The molecule has 0 saturated carbocycles. The Labute approximate surface area is 183 Å². The molecule has 8 heteroatoms. The van der Waals surface area contributed by atoms with Crippen molar-refractivity contribution < 1.29 is 22.6 Å². The second-order valence-electron chi connectivity index (χ2n) is 6.50. The van der Waals surface area contributed by atoms with Crippen LogP contribution in [0.1, 0.15) is 23.6 Å². The zero-order valence-electron chi connectivity index (χ0n) is 16.6. The molecule has 0 saturated heterocycles. The van der Waals surface area contributed by atoms with E-state index >= 15 is 0 Å². The van der Waals surface area contributed by atoms with Crippen LogP contribution in [0.2, 0.25) is 5.02 Å². The third-order valence-electron chi connectivity index (χ3n) is 4.17. The SMILES string of the molecule is CCOc1cc(C=NNc2cccc(C(F)(F)F)c2)ccc1OCc1ccc(Cl)cc1. The van der Waals surface area contributed by atoms with E-state index in [-0.39, 0.29) is 5.69 Å². The van der Waals surface area contributed by atoms with E-state index in [9.17, 15) is 13.2 Å². The molecule has 0 heterocycles. The molecular weight excluding hydrogens is 429 g/mol. The summed E-state index contributed by atoms with van der Waals surface area (Å²) in [6.45, 7) is 2.65. The molecule has 0 radical (unpaired) electrons. The lowest BCUT2D eigenvalue weighted by atomic mass is 10.2. The zero-order chi connectivity index (χ0) is 22.3. The van der Waals surface area contributed by atoms with Crippen LogP contribution in [-0.4, -0.2) is 12.8 Å². The van der Waals surface area contributed by atoms with Crippen LogP contribution >= 0.6 is 11.6 Å². The molecule has 0 aliphatic rings. The Balaban J connectivity index is 1.68. The van der Waals surface area contributed by atoms with Crippen molar-refractivity contribution in [1.29, 1.82) is 0 Å². The van der Waals surface area contributed by atoms with E-state index in [1.54, 1.807) is 30.3 Å². The molecule has 0 unspecified atom stereocenters. The van der Waals surface area contributed by atoms with Crippen LogP contribution in [0.25, 0.3) is 0 Å². The molecule has 162 valence electrons. The van der Waals surface area contributed by atoms with Gasteiger partial charge in [0, 0.05) is 5.02 Å². The minimum Gasteiger partial charge on any atom is -0.490 e. The van der Waals surface area contributed by atoms with Crippen molar-refractivity contribution >= 4 is 23.5 Å². The number of hydrogen-bond donors (Lipinski definition) is 1. The number of nitrogens with one attached hydrogen (secondary N) is 1. The highest BCUT2D eigenvalue weighted by Gasteiger charge is 2.30. The van der Waals surface area contributed by atoms with Gasteiger partial charge in [0.1, 0.15) is 6.61 Å². The topological polar surface area (TPSA) is 42.8 Å². The second-order valence-corrected chi connectivity index (χ2v) is 6.94. The third kappa shape index (κ3) is 6.65. The summed E-state index contributed by atoms with van der Waals surface area (Å²) in [5, 5.41) is 4.67. The molecule has 0 aliphatic carbocycles. The van der Waals surface area contributed by atoms with Crippen LogP contribution in [-0.2, 0) is 12.8 Å². The molecule has 0 aromatic heterocycles. The predicted molar refractivity (Wildman–Crippen MR) is 116 cm³/mol. The van der Waals surface area contributed by atoms with E-state index in [1.165, 1.54) is 18.3 Å². The highest BCUT2D eigenvalue weighted by molar-refractivity contribution is 6.30. The lowest BCUT2D eigenvalue weighted by Gasteiger charge is -2.13. The fourth-order valence-electron chi connectivity index (χ4n) is 2.68. The van der Waals surface area contributed by atoms with E-state index in [4.69, 9.17) is 21.1 Å². The summed E-state index contributed by atoms with van der Waals surface area (Å²) >= 11 is 5.89. The fourth-order valence-corrected chi connectivity index (χ4v) is 2.81. The van der Waals surface area contributed by atoms with Gasteiger partial charge in [0.25, 0.3) is 0 Å². The molecule has 1 N–H and O–H groups in total. The number of hydrogen-bond acceptors (Lipinski definition) is 4. The maximum Gasteiger partial charge on any atom is 0.416 e. The van der Waals surface area contributed by atoms with Crippen molar-refractivity contribution in [1.82, 2.24) is 0 Å². The third-order valence-corrected chi connectivity index (χ3v) is 4.42. The number of rotatable bonds is 8. The molecule has 0 bridgehead atoms. The summed E-state index contributed by atoms with van der Waals surface area (Å²) < 4.78 is 49.9. The van der Waals surface area contributed by atoms with Crippen molar-refractivity contribution in [3.63, 3.8) is 0 Å². The monoisotopic (exact) mass is 448 g/mol. The van der Waals surface area contributed by atoms with E-state index in [0.717, 1.165) is 17.7 Å². The van der Waals surface area contributed by atoms with Gasteiger partial charge in [-0.2, -0.15) is 18.3 Å². The Bertz CT molecular complexity index is 1040. The van der Waals surface area contributed by atoms with E-state index in [2.05, 4.69) is 10.5 Å². The van der Waals surface area contributed by atoms with Gasteiger partial charge in [-0.05, 0) is 66.6 Å². The summed E-state index contributed by atoms with van der Waals surface area (Å²) in [6.07, 6.45) is -2.92. The molecule has 0 spiro atoms. The van der Waals surface area contributed by atoms with Crippen LogP contribution in [0.15, 0.2) is 71.8 Å². The van der Waals surface area contributed by atoms with Crippen molar-refractivity contribution in [3.8, 4) is 11.5 Å². The second kappa shape index (κ2) is 10.2. The van der Waals surface area contributed by atoms with Crippen molar-refractivity contribution in [2.45, 2.75) is 19.7 Å². The Hall–Kier alpha value is -3.19. The molecular formula is C23H20ClF3N2O2. The number of hydrazone groups is 1. The minimum absolute atomic E-state index is 0.235. The first-order chi connectivity index (χ1) is 14.8. The number of halogens is 4. The summed E-state index contributed by atoms with van der Waals surface area (Å²) in [6, 6.07) is 17.4. The maximum absolute atomic E-state index is 12.8. The Morgan fingerprint density at radius 3 is 2.45 bits per heavy atom. The van der Waals surface area contributed by atoms with Crippen LogP contribution in [0.4, 0.5) is 18.9 Å². The van der Waals surface area contributed by atoms with Crippen LogP contribution in [0, 0.1) is 0 Å². The first-order valence-corrected chi connectivity index (χ1v) is 9.83. The fraction of sp³-hybridized carbons (Fsp3) is 0.174. The molecule has 4 nitrogen and oxygen atoms in total. The first kappa shape index (κ1) is 22.5. The average Bonchev–Trinajstić information content (AvgIpc) is 2.74. The lowest BCUT2D eigenvalue weighted by Crippen LogP contribution is -2.05. The highest BCUT2D eigenvalue weighted by Crippen LogP contribution is 2.31. The van der Waals surface area contributed by atoms with E-state index in [1.807, 2.05) is 19.1 Å². The van der Waals surface area contributed by atoms with Gasteiger partial charge in [0.2, 0.25) is 0 Å². The van der Waals surface area contributed by atoms with Crippen molar-refractivity contribution in [3.05, 3.63) is 88.4 Å². The van der Waals surface area contributed by atoms with E-state index < -0.39 is 11.7 Å². The van der Waals surface area contributed by atoms with Gasteiger partial charge < -0.3 is 9.47 Å². The van der Waals surface area contributed by atoms with Gasteiger partial charge in [0.15, 0.2) is 11.5 Å². The number of anilines is 1. The maximum atomic E-state index is 12.8. The molecule has 0 fully saturated rings. The molecule has 3 rings (SSSR count). The summed E-state index contributed by atoms with van der Waals surface area (Å²) in [5.41, 5.74) is 3.76. The molecule has 3 aromatic carbocycles.